The van der Waals surface area contributed by atoms with Gasteiger partial charge in [-0.1, -0.05) is 12.1 Å². The normalized spacial score (nSPS) is 11.4. The Hall–Kier alpha value is -2.15. The topological polar surface area (TPSA) is 63.4 Å². The molecule has 0 saturated heterocycles. The smallest absolute Gasteiger partial charge is 0.267 e. The lowest BCUT2D eigenvalue weighted by molar-refractivity contribution is 0.559. The summed E-state index contributed by atoms with van der Waals surface area (Å²) in [6.45, 7) is 1.41. The molecule has 0 aliphatic rings. The molecule has 0 spiro atoms. The zero-order chi connectivity index (χ0) is 15.8. The van der Waals surface area contributed by atoms with Crippen LogP contribution in [0.5, 0.6) is 0 Å². The molecule has 2 N–H and O–H groups in total. The Balaban J connectivity index is 2.60. The van der Waals surface area contributed by atoms with Crippen LogP contribution in [-0.2, 0) is 10.0 Å². The number of rotatable bonds is 3. The monoisotopic (exact) mass is 312 g/mol. The first-order valence-electron chi connectivity index (χ1n) is 6.04. The van der Waals surface area contributed by atoms with Crippen molar-refractivity contribution in [3.63, 3.8) is 0 Å². The molecule has 0 saturated carbocycles. The van der Waals surface area contributed by atoms with Crippen molar-refractivity contribution >= 4 is 21.4 Å². The molecular formula is C14H14F2N2O2S. The molecule has 0 aromatic heterocycles. The van der Waals surface area contributed by atoms with Gasteiger partial charge in [0.15, 0.2) is 0 Å². The van der Waals surface area contributed by atoms with Crippen molar-refractivity contribution in [2.45, 2.75) is 11.8 Å². The van der Waals surface area contributed by atoms with Crippen LogP contribution in [0.15, 0.2) is 41.3 Å². The minimum Gasteiger partial charge on any atom is -0.399 e. The summed E-state index contributed by atoms with van der Waals surface area (Å²) in [7, 11) is -3.09. The molecule has 0 fully saturated rings. The van der Waals surface area contributed by atoms with Crippen molar-refractivity contribution in [3.05, 3.63) is 53.6 Å². The minimum absolute atomic E-state index is 0.107. The quantitative estimate of drug-likeness (QED) is 0.886. The molecule has 7 heteroatoms. The number of nitrogens with two attached hydrogens (primary N) is 1. The summed E-state index contributed by atoms with van der Waals surface area (Å²) in [4.78, 5) is -0.578. The standard InChI is InChI=1S/C14H14F2N2O2S/c1-9-7-10(17)8-13(14(9)16)21(19,20)18(2)12-6-4-3-5-11(12)15/h3-8H,17H2,1-2H3. The van der Waals surface area contributed by atoms with Gasteiger partial charge in [-0.2, -0.15) is 0 Å². The second-order valence-corrected chi connectivity index (χ2v) is 6.51. The van der Waals surface area contributed by atoms with Gasteiger partial charge in [0.2, 0.25) is 0 Å². The van der Waals surface area contributed by atoms with Gasteiger partial charge in [0.05, 0.1) is 5.69 Å². The van der Waals surface area contributed by atoms with Gasteiger partial charge < -0.3 is 5.73 Å². The van der Waals surface area contributed by atoms with Gasteiger partial charge >= 0.3 is 0 Å². The number of hydrogen-bond donors (Lipinski definition) is 1. The molecule has 2 aromatic carbocycles. The van der Waals surface area contributed by atoms with Crippen LogP contribution in [-0.4, -0.2) is 15.5 Å². The maximum atomic E-state index is 14.1. The van der Waals surface area contributed by atoms with Gasteiger partial charge in [-0.25, -0.2) is 17.2 Å². The van der Waals surface area contributed by atoms with Gasteiger partial charge in [0.25, 0.3) is 10.0 Å². The first-order chi connectivity index (χ1) is 9.75. The Kier molecular flexibility index (Phi) is 3.87. The maximum absolute atomic E-state index is 14.1. The van der Waals surface area contributed by atoms with Crippen LogP contribution in [0.2, 0.25) is 0 Å². The molecule has 4 nitrogen and oxygen atoms in total. The van der Waals surface area contributed by atoms with Crippen molar-refractivity contribution in [2.75, 3.05) is 17.1 Å². The molecule has 0 atom stereocenters. The number of halogens is 2. The van der Waals surface area contributed by atoms with Crippen molar-refractivity contribution in [1.29, 1.82) is 0 Å². The highest BCUT2D eigenvalue weighted by Gasteiger charge is 2.27. The maximum Gasteiger partial charge on any atom is 0.267 e. The van der Waals surface area contributed by atoms with E-state index < -0.39 is 26.6 Å². The van der Waals surface area contributed by atoms with E-state index in [1.165, 1.54) is 31.2 Å². The van der Waals surface area contributed by atoms with Gasteiger partial charge in [-0.05, 0) is 36.8 Å². The van der Waals surface area contributed by atoms with E-state index in [-0.39, 0.29) is 16.9 Å². The SMILES string of the molecule is Cc1cc(N)cc(S(=O)(=O)N(C)c2ccccc2F)c1F. The van der Waals surface area contributed by atoms with Crippen LogP contribution >= 0.6 is 0 Å². The Morgan fingerprint density at radius 3 is 2.38 bits per heavy atom. The first kappa shape index (κ1) is 15.2. The number of anilines is 2. The number of para-hydroxylation sites is 1. The zero-order valence-electron chi connectivity index (χ0n) is 11.5. The minimum atomic E-state index is -4.25. The van der Waals surface area contributed by atoms with E-state index in [1.54, 1.807) is 0 Å². The van der Waals surface area contributed by atoms with Crippen LogP contribution in [0, 0.1) is 18.6 Å². The van der Waals surface area contributed by atoms with Crippen LogP contribution in [0.4, 0.5) is 20.2 Å². The van der Waals surface area contributed by atoms with Gasteiger partial charge in [0.1, 0.15) is 16.5 Å². The van der Waals surface area contributed by atoms with Crippen molar-refractivity contribution in [1.82, 2.24) is 0 Å². The van der Waals surface area contributed by atoms with Gasteiger partial charge in [0, 0.05) is 12.7 Å². The van der Waals surface area contributed by atoms with Crippen LogP contribution in [0.25, 0.3) is 0 Å². The third-order valence-corrected chi connectivity index (χ3v) is 4.84. The van der Waals surface area contributed by atoms with Crippen molar-refractivity contribution in [3.8, 4) is 0 Å². The molecule has 0 aliphatic heterocycles. The molecule has 21 heavy (non-hydrogen) atoms. The average Bonchev–Trinajstić information content (AvgIpc) is 2.42. The molecular weight excluding hydrogens is 298 g/mol. The summed E-state index contributed by atoms with van der Waals surface area (Å²) in [6, 6.07) is 7.70. The molecule has 0 heterocycles. The Labute approximate surface area is 121 Å². The Bertz CT molecular complexity index is 792. The molecule has 2 rings (SSSR count). The first-order valence-corrected chi connectivity index (χ1v) is 7.48. The van der Waals surface area contributed by atoms with E-state index in [9.17, 15) is 17.2 Å². The number of benzene rings is 2. The summed E-state index contributed by atoms with van der Waals surface area (Å²) in [5.41, 5.74) is 5.63. The molecule has 0 unspecified atom stereocenters. The van der Waals surface area contributed by atoms with Crippen molar-refractivity contribution < 1.29 is 17.2 Å². The Morgan fingerprint density at radius 1 is 1.14 bits per heavy atom. The van der Waals surface area contributed by atoms with Gasteiger partial charge in [-0.15, -0.1) is 0 Å². The third kappa shape index (κ3) is 2.69. The summed E-state index contributed by atoms with van der Waals surface area (Å²) in [6.07, 6.45) is 0. The number of aryl methyl sites for hydroxylation is 1. The number of sulfonamides is 1. The van der Waals surface area contributed by atoms with Crippen LogP contribution in [0.3, 0.4) is 0 Å². The molecule has 112 valence electrons. The lowest BCUT2D eigenvalue weighted by atomic mass is 10.2. The molecule has 0 aliphatic carbocycles. The van der Waals surface area contributed by atoms with E-state index in [1.807, 2.05) is 0 Å². The molecule has 0 bridgehead atoms. The second kappa shape index (κ2) is 5.33. The summed E-state index contributed by atoms with van der Waals surface area (Å²) in [5, 5.41) is 0. The van der Waals surface area contributed by atoms with E-state index >= 15 is 0 Å². The van der Waals surface area contributed by atoms with E-state index in [0.717, 1.165) is 19.2 Å². The lowest BCUT2D eigenvalue weighted by Crippen LogP contribution is -2.28. The highest BCUT2D eigenvalue weighted by atomic mass is 32.2. The zero-order valence-corrected chi connectivity index (χ0v) is 12.3. The van der Waals surface area contributed by atoms with Crippen molar-refractivity contribution in [2.24, 2.45) is 0 Å². The van der Waals surface area contributed by atoms with Crippen LogP contribution in [0.1, 0.15) is 5.56 Å². The second-order valence-electron chi connectivity index (χ2n) is 4.57. The average molecular weight is 312 g/mol. The molecule has 2 aromatic rings. The lowest BCUT2D eigenvalue weighted by Gasteiger charge is -2.21. The fraction of sp³-hybridized carbons (Fsp3) is 0.143. The van der Waals surface area contributed by atoms with E-state index in [0.29, 0.717) is 4.31 Å². The van der Waals surface area contributed by atoms with Crippen LogP contribution < -0.4 is 10.0 Å². The number of nitrogens with zero attached hydrogens (tertiary/aromatic N) is 1. The number of nitrogen functional groups attached to an aromatic ring is 1. The fourth-order valence-corrected chi connectivity index (χ4v) is 3.31. The Morgan fingerprint density at radius 2 is 1.76 bits per heavy atom. The highest BCUT2D eigenvalue weighted by Crippen LogP contribution is 2.28. The third-order valence-electron chi connectivity index (χ3n) is 3.07. The predicted molar refractivity (Wildman–Crippen MR) is 77.5 cm³/mol. The highest BCUT2D eigenvalue weighted by molar-refractivity contribution is 7.92. The summed E-state index contributed by atoms with van der Waals surface area (Å²) in [5.74, 6) is -1.61. The molecule has 0 radical (unpaired) electrons. The largest absolute Gasteiger partial charge is 0.399 e. The number of hydrogen-bond acceptors (Lipinski definition) is 3. The fourth-order valence-electron chi connectivity index (χ4n) is 1.94. The van der Waals surface area contributed by atoms with Gasteiger partial charge in [-0.3, -0.25) is 4.31 Å². The summed E-state index contributed by atoms with van der Waals surface area (Å²) >= 11 is 0. The van der Waals surface area contributed by atoms with E-state index in [2.05, 4.69) is 0 Å². The predicted octanol–water partition coefficient (Wildman–Crippen LogP) is 2.68. The van der Waals surface area contributed by atoms with E-state index in [4.69, 9.17) is 5.73 Å². The summed E-state index contributed by atoms with van der Waals surface area (Å²) < 4.78 is 53.5. The molecule has 0 amide bonds.